The van der Waals surface area contributed by atoms with Gasteiger partial charge in [0.1, 0.15) is 5.01 Å². The number of pyridine rings is 1. The normalized spacial score (nSPS) is 12.3. The number of aromatic nitrogens is 4. The zero-order chi connectivity index (χ0) is 18.1. The van der Waals surface area contributed by atoms with E-state index in [1.54, 1.807) is 37.3 Å². The summed E-state index contributed by atoms with van der Waals surface area (Å²) in [6.07, 6.45) is 5.27. The molecule has 1 atom stereocenters. The van der Waals surface area contributed by atoms with Crippen LogP contribution >= 0.6 is 11.3 Å². The Hall–Kier alpha value is -2.97. The second kappa shape index (κ2) is 6.74. The molecule has 0 fully saturated rings. The van der Waals surface area contributed by atoms with Gasteiger partial charge in [-0.25, -0.2) is 9.50 Å². The molecule has 26 heavy (non-hydrogen) atoms. The Labute approximate surface area is 154 Å². The van der Waals surface area contributed by atoms with Gasteiger partial charge in [0.15, 0.2) is 11.5 Å². The van der Waals surface area contributed by atoms with Crippen LogP contribution in [0.4, 0.5) is 0 Å². The number of imidazole rings is 1. The Kier molecular flexibility index (Phi) is 4.27. The third-order valence-corrected chi connectivity index (χ3v) is 5.10. The minimum Gasteiger partial charge on any atom is -0.493 e. The van der Waals surface area contributed by atoms with Crippen LogP contribution in [-0.2, 0) is 0 Å². The van der Waals surface area contributed by atoms with E-state index < -0.39 is 0 Å². The topological polar surface area (TPSA) is 87.6 Å². The molecule has 0 aliphatic heterocycles. The van der Waals surface area contributed by atoms with Crippen LogP contribution in [0.3, 0.4) is 0 Å². The Balaban J connectivity index is 1.75. The van der Waals surface area contributed by atoms with Crippen molar-refractivity contribution in [2.45, 2.75) is 6.04 Å². The minimum atomic E-state index is -0.339. The third kappa shape index (κ3) is 2.79. The van der Waals surface area contributed by atoms with Crippen molar-refractivity contribution >= 4 is 16.3 Å². The summed E-state index contributed by atoms with van der Waals surface area (Å²) in [6.45, 7) is 0. The lowest BCUT2D eigenvalue weighted by Crippen LogP contribution is -2.12. The first kappa shape index (κ1) is 16.5. The molecule has 3 heterocycles. The van der Waals surface area contributed by atoms with Crippen LogP contribution in [0.1, 0.15) is 16.6 Å². The molecular weight excluding hydrogens is 350 g/mol. The first-order chi connectivity index (χ1) is 12.7. The summed E-state index contributed by atoms with van der Waals surface area (Å²) in [4.78, 5) is 9.37. The van der Waals surface area contributed by atoms with E-state index in [9.17, 15) is 0 Å². The highest BCUT2D eigenvalue weighted by molar-refractivity contribution is 7.16. The summed E-state index contributed by atoms with van der Waals surface area (Å²) in [5.41, 5.74) is 9.05. The molecule has 2 N–H and O–H groups in total. The minimum absolute atomic E-state index is 0.339. The van der Waals surface area contributed by atoms with Crippen LogP contribution in [0.2, 0.25) is 0 Å². The van der Waals surface area contributed by atoms with Gasteiger partial charge in [0.05, 0.1) is 32.2 Å². The summed E-state index contributed by atoms with van der Waals surface area (Å²) in [7, 11) is 3.22. The van der Waals surface area contributed by atoms with Crippen molar-refractivity contribution in [3.8, 4) is 22.8 Å². The summed E-state index contributed by atoms with van der Waals surface area (Å²) in [5.74, 6) is 1.33. The van der Waals surface area contributed by atoms with Crippen molar-refractivity contribution in [2.75, 3.05) is 14.2 Å². The molecule has 0 spiro atoms. The Morgan fingerprint density at radius 1 is 1.12 bits per heavy atom. The molecule has 7 nitrogen and oxygen atoms in total. The molecule has 1 unspecified atom stereocenters. The number of benzene rings is 1. The maximum absolute atomic E-state index is 6.34. The van der Waals surface area contributed by atoms with Crippen LogP contribution in [0.5, 0.6) is 11.5 Å². The standard InChI is InChI=1S/C18H17N5O2S/c1-24-14-6-5-11(8-15(14)25-2)13-10-21-18-23(13)22-17(26-18)16(19)12-4-3-7-20-9-12/h3-10,16H,19H2,1-2H3. The summed E-state index contributed by atoms with van der Waals surface area (Å²) in [6, 6.07) is 9.18. The van der Waals surface area contributed by atoms with Gasteiger partial charge in [0.2, 0.25) is 4.96 Å². The molecule has 4 aromatic rings. The monoisotopic (exact) mass is 367 g/mol. The highest BCUT2D eigenvalue weighted by Gasteiger charge is 2.18. The van der Waals surface area contributed by atoms with Gasteiger partial charge in [0.25, 0.3) is 0 Å². The van der Waals surface area contributed by atoms with Gasteiger partial charge in [-0.3, -0.25) is 4.98 Å². The molecule has 0 aliphatic carbocycles. The van der Waals surface area contributed by atoms with Gasteiger partial charge in [-0.1, -0.05) is 17.4 Å². The van der Waals surface area contributed by atoms with Gasteiger partial charge in [0, 0.05) is 18.0 Å². The van der Waals surface area contributed by atoms with Crippen molar-refractivity contribution in [3.63, 3.8) is 0 Å². The smallest absolute Gasteiger partial charge is 0.212 e. The van der Waals surface area contributed by atoms with Crippen LogP contribution < -0.4 is 15.2 Å². The van der Waals surface area contributed by atoms with Gasteiger partial charge >= 0.3 is 0 Å². The molecule has 3 aromatic heterocycles. The van der Waals surface area contributed by atoms with E-state index in [1.165, 1.54) is 11.3 Å². The number of ether oxygens (including phenoxy) is 2. The fourth-order valence-electron chi connectivity index (χ4n) is 2.73. The first-order valence-electron chi connectivity index (χ1n) is 7.93. The number of nitrogens with zero attached hydrogens (tertiary/aromatic N) is 4. The van der Waals surface area contributed by atoms with Crippen LogP contribution in [0.15, 0.2) is 48.9 Å². The largest absolute Gasteiger partial charge is 0.493 e. The lowest BCUT2D eigenvalue weighted by molar-refractivity contribution is 0.355. The number of methoxy groups -OCH3 is 2. The quantitative estimate of drug-likeness (QED) is 0.583. The van der Waals surface area contributed by atoms with E-state index in [0.29, 0.717) is 11.5 Å². The summed E-state index contributed by atoms with van der Waals surface area (Å²) >= 11 is 1.47. The molecule has 132 valence electrons. The second-order valence-electron chi connectivity index (χ2n) is 5.61. The van der Waals surface area contributed by atoms with Crippen LogP contribution in [0.25, 0.3) is 16.2 Å². The number of nitrogens with two attached hydrogens (primary N) is 1. The molecular formula is C18H17N5O2S. The number of fused-ring (bicyclic) bond motifs is 1. The number of hydrogen-bond acceptors (Lipinski definition) is 7. The van der Waals surface area contributed by atoms with E-state index in [4.69, 9.17) is 15.2 Å². The molecule has 0 saturated heterocycles. The molecule has 1 aromatic carbocycles. The molecule has 0 amide bonds. The van der Waals surface area contributed by atoms with Crippen LogP contribution in [0, 0.1) is 0 Å². The van der Waals surface area contributed by atoms with Crippen LogP contribution in [-0.4, -0.2) is 33.8 Å². The Morgan fingerprint density at radius 3 is 2.69 bits per heavy atom. The number of rotatable bonds is 5. The van der Waals surface area contributed by atoms with E-state index in [1.807, 2.05) is 30.3 Å². The SMILES string of the molecule is COc1ccc(-c2cnc3sc(C(N)c4cccnc4)nn23)cc1OC. The second-order valence-corrected chi connectivity index (χ2v) is 6.60. The first-order valence-corrected chi connectivity index (χ1v) is 8.75. The molecule has 4 rings (SSSR count). The predicted octanol–water partition coefficient (Wildman–Crippen LogP) is 2.92. The molecule has 0 bridgehead atoms. The third-order valence-electron chi connectivity index (χ3n) is 4.09. The average molecular weight is 367 g/mol. The predicted molar refractivity (Wildman–Crippen MR) is 99.7 cm³/mol. The number of hydrogen-bond donors (Lipinski definition) is 1. The fraction of sp³-hybridized carbons (Fsp3) is 0.167. The molecule has 0 aliphatic rings. The summed E-state index contributed by atoms with van der Waals surface area (Å²) < 4.78 is 12.5. The van der Waals surface area contributed by atoms with Gasteiger partial charge in [-0.15, -0.1) is 0 Å². The van der Waals surface area contributed by atoms with Crippen molar-refractivity contribution < 1.29 is 9.47 Å². The van der Waals surface area contributed by atoms with Crippen molar-refractivity contribution in [1.82, 2.24) is 19.6 Å². The molecule has 0 saturated carbocycles. The van der Waals surface area contributed by atoms with Gasteiger partial charge in [-0.05, 0) is 29.8 Å². The van der Waals surface area contributed by atoms with E-state index in [0.717, 1.165) is 26.8 Å². The highest BCUT2D eigenvalue weighted by atomic mass is 32.1. The Morgan fingerprint density at radius 2 is 1.96 bits per heavy atom. The lowest BCUT2D eigenvalue weighted by atomic mass is 10.1. The Bertz CT molecular complexity index is 1040. The zero-order valence-electron chi connectivity index (χ0n) is 14.3. The van der Waals surface area contributed by atoms with E-state index in [2.05, 4.69) is 15.1 Å². The summed E-state index contributed by atoms with van der Waals surface area (Å²) in [5, 5.41) is 5.45. The molecule has 0 radical (unpaired) electrons. The van der Waals surface area contributed by atoms with Crippen molar-refractivity contribution in [1.29, 1.82) is 0 Å². The van der Waals surface area contributed by atoms with E-state index in [-0.39, 0.29) is 6.04 Å². The van der Waals surface area contributed by atoms with E-state index >= 15 is 0 Å². The van der Waals surface area contributed by atoms with Gasteiger partial charge in [-0.2, -0.15) is 5.10 Å². The van der Waals surface area contributed by atoms with Gasteiger partial charge < -0.3 is 15.2 Å². The fourth-order valence-corrected chi connectivity index (χ4v) is 3.63. The maximum Gasteiger partial charge on any atom is 0.212 e. The van der Waals surface area contributed by atoms with Crippen molar-refractivity contribution in [3.05, 3.63) is 59.5 Å². The maximum atomic E-state index is 6.34. The zero-order valence-corrected chi connectivity index (χ0v) is 15.1. The lowest BCUT2D eigenvalue weighted by Gasteiger charge is -2.09. The molecule has 8 heteroatoms. The van der Waals surface area contributed by atoms with Crippen molar-refractivity contribution in [2.24, 2.45) is 5.73 Å². The average Bonchev–Trinajstić information content (AvgIpc) is 3.28. The highest BCUT2D eigenvalue weighted by Crippen LogP contribution is 2.33.